The molecule has 180 valence electrons. The quantitative estimate of drug-likeness (QED) is 0.297. The number of nitrogens with two attached hydrogens (primary N) is 1. The zero-order chi connectivity index (χ0) is 23.9. The van der Waals surface area contributed by atoms with Crippen LogP contribution in [0, 0.1) is 5.41 Å². The standard InChI is InChI=1S/C24H33N9S/c1-17(27-22-16-21(30-31-22)18-7-4-3-5-8-18)28-24(34-20-10-6-9-19(25)15-20)29-23(26)33-13-11-32(2)12-14-33/h3-8,10,16-17,20,25H,9,11-15H2,1-2H3,(H2,26,28,29)(H2,27,30,31). The lowest BCUT2D eigenvalue weighted by atomic mass is 10.1. The van der Waals surface area contributed by atoms with E-state index < -0.39 is 0 Å². The van der Waals surface area contributed by atoms with Gasteiger partial charge in [-0.2, -0.15) is 10.1 Å². The van der Waals surface area contributed by atoms with Gasteiger partial charge in [-0.15, -0.1) is 0 Å². The molecule has 2 unspecified atom stereocenters. The van der Waals surface area contributed by atoms with Crippen molar-refractivity contribution >= 4 is 34.4 Å². The molecule has 5 N–H and O–H groups in total. The predicted octanol–water partition coefficient (Wildman–Crippen LogP) is 3.22. The lowest BCUT2D eigenvalue weighted by Crippen LogP contribution is -2.50. The second-order valence-corrected chi connectivity index (χ2v) is 9.83. The molecule has 2 atom stereocenters. The first-order valence-electron chi connectivity index (χ1n) is 11.6. The number of hydrogen-bond donors (Lipinski definition) is 4. The molecule has 2 aliphatic rings. The first-order valence-corrected chi connectivity index (χ1v) is 12.5. The molecule has 2 aromatic rings. The number of likely N-dealkylation sites (N-methyl/N-ethyl adjacent to an activating group) is 1. The Bertz CT molecular complexity index is 1050. The summed E-state index contributed by atoms with van der Waals surface area (Å²) < 4.78 is 0. The largest absolute Gasteiger partial charge is 0.369 e. The van der Waals surface area contributed by atoms with Crippen molar-refractivity contribution in [1.29, 1.82) is 5.41 Å². The average molecular weight is 480 g/mol. The number of aromatic nitrogens is 2. The Balaban J connectivity index is 1.49. The molecule has 1 aliphatic heterocycles. The first kappa shape index (κ1) is 24.0. The first-order chi connectivity index (χ1) is 16.5. The average Bonchev–Trinajstić information content (AvgIpc) is 3.28. The van der Waals surface area contributed by atoms with Crippen molar-refractivity contribution < 1.29 is 0 Å². The number of benzene rings is 1. The molecule has 34 heavy (non-hydrogen) atoms. The molecule has 2 heterocycles. The van der Waals surface area contributed by atoms with Gasteiger partial charge in [0.25, 0.3) is 0 Å². The van der Waals surface area contributed by atoms with Crippen LogP contribution in [0.2, 0.25) is 0 Å². The monoisotopic (exact) mass is 479 g/mol. The summed E-state index contributed by atoms with van der Waals surface area (Å²) in [5, 5.41) is 19.6. The van der Waals surface area contributed by atoms with E-state index in [1.54, 1.807) is 11.8 Å². The summed E-state index contributed by atoms with van der Waals surface area (Å²) in [6.45, 7) is 5.58. The van der Waals surface area contributed by atoms with Crippen molar-refractivity contribution in [2.75, 3.05) is 38.5 Å². The summed E-state index contributed by atoms with van der Waals surface area (Å²) in [4.78, 5) is 13.9. The van der Waals surface area contributed by atoms with E-state index in [4.69, 9.17) is 21.1 Å². The number of amidine groups is 1. The number of H-pyrrole nitrogens is 1. The van der Waals surface area contributed by atoms with Gasteiger partial charge in [-0.25, -0.2) is 4.99 Å². The van der Waals surface area contributed by atoms with Crippen molar-refractivity contribution in [3.05, 3.63) is 48.6 Å². The van der Waals surface area contributed by atoms with Crippen LogP contribution in [0.25, 0.3) is 11.3 Å². The van der Waals surface area contributed by atoms with E-state index in [2.05, 4.69) is 38.4 Å². The number of aromatic amines is 1. The van der Waals surface area contributed by atoms with Crippen LogP contribution in [0.5, 0.6) is 0 Å². The fourth-order valence-corrected chi connectivity index (χ4v) is 4.95. The van der Waals surface area contributed by atoms with Gasteiger partial charge in [0.2, 0.25) is 0 Å². The number of nitrogens with zero attached hydrogens (tertiary/aromatic N) is 5. The summed E-state index contributed by atoms with van der Waals surface area (Å²) in [6, 6.07) is 12.1. The Hall–Kier alpha value is -3.11. The van der Waals surface area contributed by atoms with Crippen LogP contribution >= 0.6 is 11.8 Å². The number of hydrogen-bond acceptors (Lipinski definition) is 6. The van der Waals surface area contributed by atoms with Gasteiger partial charge in [-0.3, -0.25) is 5.10 Å². The van der Waals surface area contributed by atoms with Crippen molar-refractivity contribution in [3.63, 3.8) is 0 Å². The Kier molecular flexibility index (Phi) is 8.02. The van der Waals surface area contributed by atoms with Crippen molar-refractivity contribution in [3.8, 4) is 11.3 Å². The predicted molar refractivity (Wildman–Crippen MR) is 143 cm³/mol. The molecule has 0 bridgehead atoms. The summed E-state index contributed by atoms with van der Waals surface area (Å²) in [5.41, 5.74) is 9.13. The number of nitrogens with one attached hydrogen (secondary N) is 3. The fourth-order valence-electron chi connectivity index (χ4n) is 3.84. The minimum absolute atomic E-state index is 0.131. The molecule has 1 fully saturated rings. The minimum atomic E-state index is -0.259. The summed E-state index contributed by atoms with van der Waals surface area (Å²) in [5.74, 6) is 1.21. The van der Waals surface area contributed by atoms with E-state index in [9.17, 15) is 0 Å². The highest BCUT2D eigenvalue weighted by Gasteiger charge is 2.20. The van der Waals surface area contributed by atoms with E-state index >= 15 is 0 Å². The number of anilines is 1. The third-order valence-corrected chi connectivity index (χ3v) is 6.81. The SMILES string of the molecule is CC(N=C(N=C(N)N1CCN(C)CC1)SC1C=CCC(=N)C1)Nc1cc(-c2ccccc2)[nH]n1. The second-order valence-electron chi connectivity index (χ2n) is 8.62. The molecule has 10 heteroatoms. The number of rotatable bonds is 5. The number of guanidine groups is 1. The molecule has 1 aromatic heterocycles. The second kappa shape index (κ2) is 11.3. The van der Waals surface area contributed by atoms with Crippen LogP contribution in [-0.2, 0) is 0 Å². The van der Waals surface area contributed by atoms with Crippen molar-refractivity contribution in [2.24, 2.45) is 15.7 Å². The molecular formula is C24H33N9S. The highest BCUT2D eigenvalue weighted by atomic mass is 32.2. The zero-order valence-corrected chi connectivity index (χ0v) is 20.6. The topological polar surface area (TPSA) is 122 Å². The molecule has 1 aliphatic carbocycles. The van der Waals surface area contributed by atoms with E-state index in [1.165, 1.54) is 0 Å². The van der Waals surface area contributed by atoms with Crippen molar-refractivity contribution in [2.45, 2.75) is 31.2 Å². The van der Waals surface area contributed by atoms with E-state index in [1.807, 2.05) is 49.4 Å². The van der Waals surface area contributed by atoms with Crippen LogP contribution in [0.1, 0.15) is 19.8 Å². The van der Waals surface area contributed by atoms with Crippen LogP contribution < -0.4 is 11.1 Å². The van der Waals surface area contributed by atoms with Crippen molar-refractivity contribution in [1.82, 2.24) is 20.0 Å². The Morgan fingerprint density at radius 3 is 2.76 bits per heavy atom. The van der Waals surface area contributed by atoms with Gasteiger partial charge in [0.1, 0.15) is 12.0 Å². The Morgan fingerprint density at radius 1 is 1.26 bits per heavy atom. The van der Waals surface area contributed by atoms with E-state index in [0.717, 1.165) is 55.4 Å². The lowest BCUT2D eigenvalue weighted by molar-refractivity contribution is 0.214. The maximum Gasteiger partial charge on any atom is 0.198 e. The summed E-state index contributed by atoms with van der Waals surface area (Å²) >= 11 is 1.55. The van der Waals surface area contributed by atoms with Crippen LogP contribution in [0.4, 0.5) is 5.82 Å². The van der Waals surface area contributed by atoms with Gasteiger partial charge < -0.3 is 26.3 Å². The summed E-state index contributed by atoms with van der Waals surface area (Å²) in [7, 11) is 2.11. The van der Waals surface area contributed by atoms with Gasteiger partial charge in [0, 0.05) is 56.0 Å². The van der Waals surface area contributed by atoms with Crippen LogP contribution in [-0.4, -0.2) is 81.5 Å². The molecule has 0 spiro atoms. The number of aliphatic imine (C=N–C) groups is 2. The maximum absolute atomic E-state index is 8.05. The minimum Gasteiger partial charge on any atom is -0.369 e. The normalized spacial score (nSPS) is 21.1. The van der Waals surface area contributed by atoms with Crippen LogP contribution in [0.15, 0.2) is 58.5 Å². The highest BCUT2D eigenvalue weighted by molar-refractivity contribution is 8.14. The molecule has 0 amide bonds. The molecule has 0 radical (unpaired) electrons. The molecule has 1 saturated heterocycles. The molecule has 0 saturated carbocycles. The molecule has 4 rings (SSSR count). The number of piperazine rings is 1. The highest BCUT2D eigenvalue weighted by Crippen LogP contribution is 2.25. The van der Waals surface area contributed by atoms with Gasteiger partial charge in [0.15, 0.2) is 11.1 Å². The van der Waals surface area contributed by atoms with Crippen LogP contribution in [0.3, 0.4) is 0 Å². The zero-order valence-electron chi connectivity index (χ0n) is 19.7. The molecular weight excluding hydrogens is 446 g/mol. The molecule has 1 aromatic carbocycles. The fraction of sp³-hybridized carbons (Fsp3) is 0.417. The van der Waals surface area contributed by atoms with Gasteiger partial charge in [-0.1, -0.05) is 54.2 Å². The van der Waals surface area contributed by atoms with Gasteiger partial charge >= 0.3 is 0 Å². The Labute approximate surface area is 205 Å². The molecule has 9 nitrogen and oxygen atoms in total. The van der Waals surface area contributed by atoms with Gasteiger partial charge in [0.05, 0.1) is 5.69 Å². The number of allylic oxidation sites excluding steroid dienone is 1. The third-order valence-electron chi connectivity index (χ3n) is 5.78. The number of thioether (sulfide) groups is 1. The van der Waals surface area contributed by atoms with E-state index in [0.29, 0.717) is 17.5 Å². The Morgan fingerprint density at radius 2 is 2.03 bits per heavy atom. The third kappa shape index (κ3) is 6.71. The smallest absolute Gasteiger partial charge is 0.198 e. The lowest BCUT2D eigenvalue weighted by Gasteiger charge is -2.33. The maximum atomic E-state index is 8.05. The van der Waals surface area contributed by atoms with E-state index in [-0.39, 0.29) is 11.4 Å². The van der Waals surface area contributed by atoms with Gasteiger partial charge in [-0.05, 0) is 19.5 Å². The summed E-state index contributed by atoms with van der Waals surface area (Å²) in [6.07, 6.45) is 5.34.